The van der Waals surface area contributed by atoms with Crippen LogP contribution in [-0.2, 0) is 9.53 Å². The topological polar surface area (TPSA) is 59.4 Å². The zero-order valence-corrected chi connectivity index (χ0v) is 10.0. The van der Waals surface area contributed by atoms with Crippen LogP contribution in [0.1, 0.15) is 11.1 Å². The molecule has 2 heterocycles. The van der Waals surface area contributed by atoms with Crippen LogP contribution in [0.15, 0.2) is 48.8 Å². The van der Waals surface area contributed by atoms with Crippen molar-refractivity contribution in [2.24, 2.45) is 0 Å². The maximum atomic E-state index is 11.9. The van der Waals surface area contributed by atoms with Gasteiger partial charge in [0, 0.05) is 18.0 Å². The van der Waals surface area contributed by atoms with E-state index in [4.69, 9.17) is 4.74 Å². The first-order chi connectivity index (χ1) is 9.25. The number of carbonyl (C=O) groups excluding carboxylic acids is 1. The van der Waals surface area contributed by atoms with Crippen molar-refractivity contribution in [2.75, 3.05) is 6.61 Å². The Labute approximate surface area is 110 Å². The molecule has 1 aliphatic rings. The molecule has 1 aliphatic heterocycles. The molecule has 1 N–H and O–H groups in total. The second kappa shape index (κ2) is 4.57. The highest BCUT2D eigenvalue weighted by Crippen LogP contribution is 2.33. The van der Waals surface area contributed by atoms with Gasteiger partial charge in [-0.05, 0) is 35.4 Å². The first-order valence-corrected chi connectivity index (χ1v) is 5.86. The molecule has 0 bridgehead atoms. The lowest BCUT2D eigenvalue weighted by atomic mass is 9.97. The van der Waals surface area contributed by atoms with Gasteiger partial charge in [0.1, 0.15) is 12.4 Å². The average Bonchev–Trinajstić information content (AvgIpc) is 2.83. The number of aromatic hydroxyl groups is 1. The smallest absolute Gasteiger partial charge is 0.339 e. The maximum Gasteiger partial charge on any atom is 0.339 e. The Morgan fingerprint density at radius 1 is 1.00 bits per heavy atom. The van der Waals surface area contributed by atoms with Crippen LogP contribution in [0.4, 0.5) is 0 Å². The van der Waals surface area contributed by atoms with Crippen molar-refractivity contribution in [1.82, 2.24) is 4.98 Å². The number of hydrogen-bond acceptors (Lipinski definition) is 4. The van der Waals surface area contributed by atoms with Crippen molar-refractivity contribution in [3.8, 4) is 5.75 Å². The first kappa shape index (κ1) is 11.5. The standard InChI is InChI=1S/C15H11NO3/c17-12-3-1-11(2-4-12)14-13(9-19-15(14)18)10-5-7-16-8-6-10/h1-8,17H,9H2. The molecule has 3 rings (SSSR count). The molecular formula is C15H11NO3. The fourth-order valence-corrected chi connectivity index (χ4v) is 2.11. The van der Waals surface area contributed by atoms with Gasteiger partial charge in [0.25, 0.3) is 0 Å². The van der Waals surface area contributed by atoms with Gasteiger partial charge < -0.3 is 9.84 Å². The number of nitrogens with zero attached hydrogens (tertiary/aromatic N) is 1. The van der Waals surface area contributed by atoms with Crippen LogP contribution in [0.3, 0.4) is 0 Å². The van der Waals surface area contributed by atoms with Crippen molar-refractivity contribution in [2.45, 2.75) is 0 Å². The molecule has 0 spiro atoms. The number of phenols is 1. The van der Waals surface area contributed by atoms with Crippen molar-refractivity contribution >= 4 is 17.1 Å². The van der Waals surface area contributed by atoms with Crippen LogP contribution in [0.5, 0.6) is 5.75 Å². The highest BCUT2D eigenvalue weighted by Gasteiger charge is 2.26. The summed E-state index contributed by atoms with van der Waals surface area (Å²) in [6.07, 6.45) is 3.36. The van der Waals surface area contributed by atoms with Crippen molar-refractivity contribution in [3.63, 3.8) is 0 Å². The maximum absolute atomic E-state index is 11.9. The fraction of sp³-hybridized carbons (Fsp3) is 0.0667. The van der Waals surface area contributed by atoms with Crippen LogP contribution in [-0.4, -0.2) is 22.7 Å². The number of rotatable bonds is 2. The predicted octanol–water partition coefficient (Wildman–Crippen LogP) is 2.25. The van der Waals surface area contributed by atoms with Crippen LogP contribution in [0, 0.1) is 0 Å². The molecule has 0 radical (unpaired) electrons. The Bertz CT molecular complexity index is 645. The number of phenolic OH excluding ortho intramolecular Hbond substituents is 1. The molecule has 0 atom stereocenters. The van der Waals surface area contributed by atoms with Crippen LogP contribution in [0.2, 0.25) is 0 Å². The quantitative estimate of drug-likeness (QED) is 0.834. The van der Waals surface area contributed by atoms with Gasteiger partial charge in [0.2, 0.25) is 0 Å². The molecule has 0 unspecified atom stereocenters. The Hall–Kier alpha value is -2.62. The molecule has 0 saturated carbocycles. The van der Waals surface area contributed by atoms with E-state index >= 15 is 0 Å². The number of hydrogen-bond donors (Lipinski definition) is 1. The summed E-state index contributed by atoms with van der Waals surface area (Å²) in [4.78, 5) is 15.8. The molecule has 0 aliphatic carbocycles. The summed E-state index contributed by atoms with van der Waals surface area (Å²) >= 11 is 0. The Morgan fingerprint density at radius 3 is 2.37 bits per heavy atom. The lowest BCUT2D eigenvalue weighted by molar-refractivity contribution is -0.133. The van der Waals surface area contributed by atoms with Crippen LogP contribution < -0.4 is 0 Å². The summed E-state index contributed by atoms with van der Waals surface area (Å²) in [5.41, 5.74) is 3.06. The predicted molar refractivity (Wildman–Crippen MR) is 70.1 cm³/mol. The second-order valence-electron chi connectivity index (χ2n) is 4.21. The second-order valence-corrected chi connectivity index (χ2v) is 4.21. The van der Waals surface area contributed by atoms with Crippen LogP contribution >= 0.6 is 0 Å². The molecule has 0 saturated heterocycles. The molecule has 19 heavy (non-hydrogen) atoms. The average molecular weight is 253 g/mol. The first-order valence-electron chi connectivity index (χ1n) is 5.86. The van der Waals surface area contributed by atoms with E-state index in [1.165, 1.54) is 0 Å². The minimum absolute atomic E-state index is 0.168. The van der Waals surface area contributed by atoms with E-state index in [1.54, 1.807) is 36.7 Å². The highest BCUT2D eigenvalue weighted by molar-refractivity contribution is 6.27. The summed E-state index contributed by atoms with van der Waals surface area (Å²) in [5.74, 6) is -0.168. The van der Waals surface area contributed by atoms with Gasteiger partial charge in [-0.3, -0.25) is 4.98 Å². The largest absolute Gasteiger partial charge is 0.508 e. The van der Waals surface area contributed by atoms with Gasteiger partial charge in [-0.1, -0.05) is 12.1 Å². The van der Waals surface area contributed by atoms with Crippen molar-refractivity contribution < 1.29 is 14.6 Å². The summed E-state index contributed by atoms with van der Waals surface area (Å²) in [6, 6.07) is 10.2. The van der Waals surface area contributed by atoms with Crippen LogP contribution in [0.25, 0.3) is 11.1 Å². The summed E-state index contributed by atoms with van der Waals surface area (Å²) in [6.45, 7) is 0.263. The van der Waals surface area contributed by atoms with Gasteiger partial charge in [-0.2, -0.15) is 0 Å². The highest BCUT2D eigenvalue weighted by atomic mass is 16.5. The van der Waals surface area contributed by atoms with E-state index in [9.17, 15) is 9.90 Å². The molecule has 1 aromatic heterocycles. The number of carbonyl (C=O) groups is 1. The molecule has 0 amide bonds. The van der Waals surface area contributed by atoms with E-state index in [1.807, 2.05) is 12.1 Å². The fourth-order valence-electron chi connectivity index (χ4n) is 2.11. The third kappa shape index (κ3) is 2.08. The molecule has 1 aromatic carbocycles. The minimum Gasteiger partial charge on any atom is -0.508 e. The molecule has 2 aromatic rings. The number of pyridine rings is 1. The third-order valence-corrected chi connectivity index (χ3v) is 3.04. The van der Waals surface area contributed by atoms with E-state index < -0.39 is 0 Å². The summed E-state index contributed by atoms with van der Waals surface area (Å²) < 4.78 is 5.12. The number of ether oxygens (including phenoxy) is 1. The van der Waals surface area contributed by atoms with Crippen molar-refractivity contribution in [1.29, 1.82) is 0 Å². The molecule has 4 heteroatoms. The summed E-state index contributed by atoms with van der Waals surface area (Å²) in [7, 11) is 0. The van der Waals surface area contributed by atoms with Gasteiger partial charge in [0.15, 0.2) is 0 Å². The monoisotopic (exact) mass is 253 g/mol. The normalized spacial score (nSPS) is 14.6. The molecule has 4 nitrogen and oxygen atoms in total. The van der Waals surface area contributed by atoms with E-state index in [2.05, 4.69) is 4.98 Å². The van der Waals surface area contributed by atoms with E-state index in [-0.39, 0.29) is 18.3 Å². The number of esters is 1. The summed E-state index contributed by atoms with van der Waals surface area (Å²) in [5, 5.41) is 9.31. The van der Waals surface area contributed by atoms with E-state index in [0.717, 1.165) is 16.7 Å². The number of aromatic nitrogens is 1. The van der Waals surface area contributed by atoms with Crippen molar-refractivity contribution in [3.05, 3.63) is 59.9 Å². The van der Waals surface area contributed by atoms with Gasteiger partial charge >= 0.3 is 5.97 Å². The van der Waals surface area contributed by atoms with Gasteiger partial charge in [-0.15, -0.1) is 0 Å². The molecule has 94 valence electrons. The zero-order chi connectivity index (χ0) is 13.2. The minimum atomic E-state index is -0.336. The molecule has 0 fully saturated rings. The number of cyclic esters (lactones) is 1. The SMILES string of the molecule is O=C1OCC(c2ccncc2)=C1c1ccc(O)cc1. The van der Waals surface area contributed by atoms with Gasteiger partial charge in [-0.25, -0.2) is 4.79 Å². The lowest BCUT2D eigenvalue weighted by Crippen LogP contribution is -1.98. The zero-order valence-electron chi connectivity index (χ0n) is 10.0. The third-order valence-electron chi connectivity index (χ3n) is 3.04. The molecular weight excluding hydrogens is 242 g/mol. The Balaban J connectivity index is 2.14. The Kier molecular flexibility index (Phi) is 2.76. The lowest BCUT2D eigenvalue weighted by Gasteiger charge is -2.04. The van der Waals surface area contributed by atoms with Gasteiger partial charge in [0.05, 0.1) is 5.57 Å². The number of benzene rings is 1. The Morgan fingerprint density at radius 2 is 1.68 bits per heavy atom. The van der Waals surface area contributed by atoms with E-state index in [0.29, 0.717) is 5.57 Å².